The van der Waals surface area contributed by atoms with E-state index in [9.17, 15) is 10.5 Å². The number of furan rings is 1. The Morgan fingerprint density at radius 1 is 0.465 bits per heavy atom. The van der Waals surface area contributed by atoms with E-state index >= 15 is 0 Å². The van der Waals surface area contributed by atoms with Gasteiger partial charge in [-0.15, -0.1) is 0 Å². The first-order chi connectivity index (χ1) is 21.2. The fourth-order valence-electron chi connectivity index (χ4n) is 6.74. The van der Waals surface area contributed by atoms with Crippen molar-refractivity contribution in [2.45, 2.75) is 0 Å². The number of hydrogen-bond donors (Lipinski definition) is 0. The highest BCUT2D eigenvalue weighted by atomic mass is 16.3. The Hall–Kier alpha value is -6.30. The monoisotopic (exact) mass is 548 g/mol. The number of fused-ring (bicyclic) bond motifs is 9. The van der Waals surface area contributed by atoms with E-state index in [1.807, 2.05) is 72.8 Å². The summed E-state index contributed by atoms with van der Waals surface area (Å²) in [6.07, 6.45) is 0. The normalized spacial score (nSPS) is 11.7. The Balaban J connectivity index is 1.37. The van der Waals surface area contributed by atoms with E-state index in [1.54, 1.807) is 0 Å². The second kappa shape index (κ2) is 8.60. The molecular formula is C38H20N4O. The Morgan fingerprint density at radius 3 is 1.74 bits per heavy atom. The molecule has 0 atom stereocenters. The van der Waals surface area contributed by atoms with Crippen LogP contribution in [0.15, 0.2) is 126 Å². The van der Waals surface area contributed by atoms with E-state index < -0.39 is 0 Å². The summed E-state index contributed by atoms with van der Waals surface area (Å²) in [6.45, 7) is 0. The maximum atomic E-state index is 9.60. The molecule has 9 rings (SSSR count). The molecule has 5 heteroatoms. The van der Waals surface area contributed by atoms with E-state index in [2.05, 4.69) is 69.8 Å². The van der Waals surface area contributed by atoms with Crippen LogP contribution < -0.4 is 0 Å². The molecule has 0 aliphatic rings. The van der Waals surface area contributed by atoms with Gasteiger partial charge in [0.2, 0.25) is 0 Å². The van der Waals surface area contributed by atoms with Crippen LogP contribution in [0.3, 0.4) is 0 Å². The van der Waals surface area contributed by atoms with Crippen molar-refractivity contribution >= 4 is 65.6 Å². The van der Waals surface area contributed by atoms with Crippen molar-refractivity contribution in [1.82, 2.24) is 9.13 Å². The standard InChI is InChI=1S/C38H20N4O/c39-21-23-12-15-33-28(18-23)26-6-1-3-8-31(26)41(33)25-14-17-36-30(20-25)38-35(10-5-11-37(38)43-36)42-32-9-4-2-7-27(32)29-19-24(22-40)13-16-34(29)42/h1-20H. The fraction of sp³-hybridized carbons (Fsp3) is 0. The number of nitriles is 2. The molecule has 0 saturated heterocycles. The van der Waals surface area contributed by atoms with Gasteiger partial charge in [-0.1, -0.05) is 42.5 Å². The van der Waals surface area contributed by atoms with Crippen LogP contribution in [0.2, 0.25) is 0 Å². The van der Waals surface area contributed by atoms with Crippen LogP contribution in [0.25, 0.3) is 76.9 Å². The average molecular weight is 549 g/mol. The second-order valence-corrected chi connectivity index (χ2v) is 10.8. The quantitative estimate of drug-likeness (QED) is 0.216. The Kier molecular flexibility index (Phi) is 4.68. The summed E-state index contributed by atoms with van der Waals surface area (Å²) in [5, 5.41) is 25.5. The second-order valence-electron chi connectivity index (χ2n) is 10.8. The molecule has 3 heterocycles. The molecule has 3 aromatic heterocycles. The molecule has 198 valence electrons. The zero-order valence-electron chi connectivity index (χ0n) is 22.7. The summed E-state index contributed by atoms with van der Waals surface area (Å²) in [5.74, 6) is 0. The number of benzene rings is 6. The van der Waals surface area contributed by atoms with Gasteiger partial charge in [0, 0.05) is 32.6 Å². The molecule has 5 nitrogen and oxygen atoms in total. The molecule has 6 aromatic carbocycles. The Bertz CT molecular complexity index is 2710. The Morgan fingerprint density at radius 2 is 1.07 bits per heavy atom. The van der Waals surface area contributed by atoms with Crippen LogP contribution in [0.5, 0.6) is 0 Å². The molecule has 0 aliphatic carbocycles. The molecule has 0 N–H and O–H groups in total. The molecule has 43 heavy (non-hydrogen) atoms. The maximum Gasteiger partial charge on any atom is 0.137 e. The van der Waals surface area contributed by atoms with Gasteiger partial charge in [0.25, 0.3) is 0 Å². The summed E-state index contributed by atoms with van der Waals surface area (Å²) in [6, 6.07) is 45.5. The minimum atomic E-state index is 0.639. The maximum absolute atomic E-state index is 9.60. The molecule has 9 aromatic rings. The van der Waals surface area contributed by atoms with Gasteiger partial charge in [-0.2, -0.15) is 10.5 Å². The molecule has 0 saturated carbocycles. The topological polar surface area (TPSA) is 70.6 Å². The third-order valence-corrected chi connectivity index (χ3v) is 8.56. The Labute approximate surface area is 245 Å². The molecule has 0 unspecified atom stereocenters. The predicted molar refractivity (Wildman–Crippen MR) is 172 cm³/mol. The van der Waals surface area contributed by atoms with E-state index in [1.165, 1.54) is 0 Å². The van der Waals surface area contributed by atoms with Crippen molar-refractivity contribution in [2.24, 2.45) is 0 Å². The lowest BCUT2D eigenvalue weighted by Crippen LogP contribution is -1.95. The summed E-state index contributed by atoms with van der Waals surface area (Å²) in [4.78, 5) is 0. The summed E-state index contributed by atoms with van der Waals surface area (Å²) >= 11 is 0. The molecule has 0 fully saturated rings. The van der Waals surface area contributed by atoms with Gasteiger partial charge in [-0.3, -0.25) is 0 Å². The summed E-state index contributed by atoms with van der Waals surface area (Å²) < 4.78 is 11.0. The fourth-order valence-corrected chi connectivity index (χ4v) is 6.74. The zero-order chi connectivity index (χ0) is 28.7. The highest BCUT2D eigenvalue weighted by Crippen LogP contribution is 2.40. The molecule has 0 amide bonds. The number of aromatic nitrogens is 2. The predicted octanol–water partition coefficient (Wildman–Crippen LogP) is 9.52. The number of para-hydroxylation sites is 2. The van der Waals surface area contributed by atoms with Crippen LogP contribution in [0.4, 0.5) is 0 Å². The van der Waals surface area contributed by atoms with Crippen molar-refractivity contribution in [3.63, 3.8) is 0 Å². The van der Waals surface area contributed by atoms with Gasteiger partial charge in [-0.05, 0) is 78.9 Å². The lowest BCUT2D eigenvalue weighted by atomic mass is 10.1. The van der Waals surface area contributed by atoms with Crippen molar-refractivity contribution in [2.75, 3.05) is 0 Å². The van der Waals surface area contributed by atoms with Gasteiger partial charge in [0.05, 0.1) is 56.4 Å². The van der Waals surface area contributed by atoms with Crippen molar-refractivity contribution in [3.05, 3.63) is 132 Å². The summed E-state index contributed by atoms with van der Waals surface area (Å²) in [5.41, 5.74) is 9.17. The lowest BCUT2D eigenvalue weighted by molar-refractivity contribution is 0.669. The van der Waals surface area contributed by atoms with Crippen molar-refractivity contribution < 1.29 is 4.42 Å². The van der Waals surface area contributed by atoms with Gasteiger partial charge in [0.1, 0.15) is 11.2 Å². The summed E-state index contributed by atoms with van der Waals surface area (Å²) in [7, 11) is 0. The molecule has 0 bridgehead atoms. The van der Waals surface area contributed by atoms with Crippen LogP contribution in [0.1, 0.15) is 11.1 Å². The van der Waals surface area contributed by atoms with Gasteiger partial charge >= 0.3 is 0 Å². The highest BCUT2D eigenvalue weighted by molar-refractivity contribution is 6.15. The average Bonchev–Trinajstić information content (AvgIpc) is 3.71. The minimum absolute atomic E-state index is 0.639. The van der Waals surface area contributed by atoms with Crippen LogP contribution >= 0.6 is 0 Å². The zero-order valence-corrected chi connectivity index (χ0v) is 22.7. The number of nitrogens with zero attached hydrogens (tertiary/aromatic N) is 4. The minimum Gasteiger partial charge on any atom is -0.456 e. The van der Waals surface area contributed by atoms with Crippen molar-refractivity contribution in [1.29, 1.82) is 10.5 Å². The SMILES string of the molecule is N#Cc1ccc2c(c1)c1ccccc1n2-c1ccc2oc3cccc(-n4c5ccccc5c5cc(C#N)ccc54)c3c2c1. The third kappa shape index (κ3) is 3.19. The largest absolute Gasteiger partial charge is 0.456 e. The first kappa shape index (κ1) is 23.4. The third-order valence-electron chi connectivity index (χ3n) is 8.56. The first-order valence-corrected chi connectivity index (χ1v) is 14.1. The highest BCUT2D eigenvalue weighted by Gasteiger charge is 2.19. The van der Waals surface area contributed by atoms with E-state index in [0.717, 1.165) is 76.9 Å². The van der Waals surface area contributed by atoms with Gasteiger partial charge < -0.3 is 13.6 Å². The van der Waals surface area contributed by atoms with E-state index in [-0.39, 0.29) is 0 Å². The number of rotatable bonds is 2. The lowest BCUT2D eigenvalue weighted by Gasteiger charge is -2.11. The van der Waals surface area contributed by atoms with Crippen LogP contribution in [0, 0.1) is 22.7 Å². The first-order valence-electron chi connectivity index (χ1n) is 14.1. The van der Waals surface area contributed by atoms with Gasteiger partial charge in [-0.25, -0.2) is 0 Å². The van der Waals surface area contributed by atoms with Crippen LogP contribution in [-0.2, 0) is 0 Å². The molecule has 0 spiro atoms. The molecule has 0 aliphatic heterocycles. The number of hydrogen-bond acceptors (Lipinski definition) is 3. The molecule has 0 radical (unpaired) electrons. The van der Waals surface area contributed by atoms with E-state index in [0.29, 0.717) is 11.1 Å². The molecular weight excluding hydrogens is 528 g/mol. The van der Waals surface area contributed by atoms with E-state index in [4.69, 9.17) is 4.42 Å². The smallest absolute Gasteiger partial charge is 0.137 e. The van der Waals surface area contributed by atoms with Crippen LogP contribution in [-0.4, -0.2) is 9.13 Å². The van der Waals surface area contributed by atoms with Crippen molar-refractivity contribution in [3.8, 4) is 23.5 Å². The van der Waals surface area contributed by atoms with Gasteiger partial charge in [0.15, 0.2) is 0 Å².